The molecule has 0 atom stereocenters. The first-order chi connectivity index (χ1) is 10.0. The van der Waals surface area contributed by atoms with E-state index in [9.17, 15) is 4.39 Å². The van der Waals surface area contributed by atoms with Crippen molar-refractivity contribution in [1.82, 2.24) is 10.1 Å². The second-order valence-corrected chi connectivity index (χ2v) is 5.08. The lowest BCUT2D eigenvalue weighted by molar-refractivity contribution is 0.432. The van der Waals surface area contributed by atoms with Crippen LogP contribution in [0.5, 0.6) is 0 Å². The molecule has 0 amide bonds. The highest BCUT2D eigenvalue weighted by atomic mass is 35.5. The highest BCUT2D eigenvalue weighted by Crippen LogP contribution is 2.28. The van der Waals surface area contributed by atoms with Crippen LogP contribution in [0.25, 0.3) is 22.8 Å². The van der Waals surface area contributed by atoms with Crippen LogP contribution in [-0.4, -0.2) is 10.1 Å². The van der Waals surface area contributed by atoms with Crippen LogP contribution in [0.4, 0.5) is 10.1 Å². The number of anilines is 1. The van der Waals surface area contributed by atoms with Crippen molar-refractivity contribution in [3.63, 3.8) is 0 Å². The van der Waals surface area contributed by atoms with Gasteiger partial charge < -0.3 is 10.3 Å². The molecular formula is C15H11ClFN3O. The molecule has 0 aliphatic rings. The second-order valence-electron chi connectivity index (χ2n) is 4.68. The number of halogens is 2. The predicted octanol–water partition coefficient (Wildman–Crippen LogP) is 4.09. The number of aryl methyl sites for hydroxylation is 1. The maximum atomic E-state index is 13.4. The van der Waals surface area contributed by atoms with Crippen molar-refractivity contribution >= 4 is 17.3 Å². The smallest absolute Gasteiger partial charge is 0.258 e. The number of hydrogen-bond donors (Lipinski definition) is 1. The average molecular weight is 304 g/mol. The van der Waals surface area contributed by atoms with Crippen molar-refractivity contribution in [3.05, 3.63) is 52.8 Å². The maximum absolute atomic E-state index is 13.4. The monoisotopic (exact) mass is 303 g/mol. The van der Waals surface area contributed by atoms with E-state index < -0.39 is 0 Å². The van der Waals surface area contributed by atoms with Gasteiger partial charge in [-0.15, -0.1) is 0 Å². The molecule has 21 heavy (non-hydrogen) atoms. The van der Waals surface area contributed by atoms with Crippen LogP contribution < -0.4 is 5.73 Å². The van der Waals surface area contributed by atoms with E-state index in [0.29, 0.717) is 33.6 Å². The Balaban J connectivity index is 2.01. The van der Waals surface area contributed by atoms with Crippen LogP contribution >= 0.6 is 11.6 Å². The van der Waals surface area contributed by atoms with Gasteiger partial charge in [0.05, 0.1) is 10.7 Å². The summed E-state index contributed by atoms with van der Waals surface area (Å²) in [4.78, 5) is 4.26. The normalized spacial score (nSPS) is 10.8. The lowest BCUT2D eigenvalue weighted by Crippen LogP contribution is -1.87. The van der Waals surface area contributed by atoms with Crippen LogP contribution in [0.3, 0.4) is 0 Å². The number of nitrogens with two attached hydrogens (primary N) is 1. The fourth-order valence-electron chi connectivity index (χ4n) is 1.98. The van der Waals surface area contributed by atoms with E-state index >= 15 is 0 Å². The molecule has 0 unspecified atom stereocenters. The number of nitrogens with zero attached hydrogens (tertiary/aromatic N) is 2. The largest absolute Gasteiger partial charge is 0.398 e. The lowest BCUT2D eigenvalue weighted by atomic mass is 10.1. The molecule has 1 heterocycles. The van der Waals surface area contributed by atoms with E-state index in [1.54, 1.807) is 31.2 Å². The molecule has 6 heteroatoms. The minimum Gasteiger partial charge on any atom is -0.398 e. The molecule has 106 valence electrons. The highest BCUT2D eigenvalue weighted by Gasteiger charge is 2.12. The quantitative estimate of drug-likeness (QED) is 0.724. The molecule has 2 N–H and O–H groups in total. The first-order valence-electron chi connectivity index (χ1n) is 6.19. The zero-order valence-electron chi connectivity index (χ0n) is 11.1. The number of hydrogen-bond acceptors (Lipinski definition) is 4. The summed E-state index contributed by atoms with van der Waals surface area (Å²) >= 11 is 5.96. The van der Waals surface area contributed by atoms with E-state index in [4.69, 9.17) is 21.9 Å². The van der Waals surface area contributed by atoms with Gasteiger partial charge in [-0.05, 0) is 48.9 Å². The summed E-state index contributed by atoms with van der Waals surface area (Å²) in [6.07, 6.45) is 0. The SMILES string of the molecule is Cc1cc(F)cc(-c2noc(-c3ccc(N)c(Cl)c3)n2)c1. The van der Waals surface area contributed by atoms with E-state index in [2.05, 4.69) is 10.1 Å². The minimum absolute atomic E-state index is 0.300. The van der Waals surface area contributed by atoms with Crippen LogP contribution in [0.15, 0.2) is 40.9 Å². The van der Waals surface area contributed by atoms with Gasteiger partial charge in [0.25, 0.3) is 5.89 Å². The van der Waals surface area contributed by atoms with E-state index in [0.717, 1.165) is 5.56 Å². The van der Waals surface area contributed by atoms with Crippen molar-refractivity contribution in [3.8, 4) is 22.8 Å². The number of aromatic nitrogens is 2. The standard InChI is InChI=1S/C15H11ClFN3O/c1-8-4-10(6-11(17)5-8)14-19-15(21-20-14)9-2-3-13(18)12(16)7-9/h2-7H,18H2,1H3. The molecule has 0 fully saturated rings. The number of nitrogen functional groups attached to an aromatic ring is 1. The Morgan fingerprint density at radius 2 is 1.95 bits per heavy atom. The molecule has 0 aliphatic heterocycles. The van der Waals surface area contributed by atoms with Gasteiger partial charge in [-0.2, -0.15) is 4.98 Å². The fourth-order valence-corrected chi connectivity index (χ4v) is 2.16. The average Bonchev–Trinajstić information content (AvgIpc) is 2.90. The molecule has 0 bridgehead atoms. The summed E-state index contributed by atoms with van der Waals surface area (Å²) < 4.78 is 18.6. The third-order valence-electron chi connectivity index (χ3n) is 2.97. The van der Waals surface area contributed by atoms with Crippen molar-refractivity contribution in [1.29, 1.82) is 0 Å². The van der Waals surface area contributed by atoms with Crippen LogP contribution in [-0.2, 0) is 0 Å². The molecular weight excluding hydrogens is 293 g/mol. The molecule has 0 aliphatic carbocycles. The predicted molar refractivity (Wildman–Crippen MR) is 79.3 cm³/mol. The summed E-state index contributed by atoms with van der Waals surface area (Å²) in [7, 11) is 0. The summed E-state index contributed by atoms with van der Waals surface area (Å²) in [6, 6.07) is 9.61. The van der Waals surface area contributed by atoms with Crippen molar-refractivity contribution in [2.45, 2.75) is 6.92 Å². The number of benzene rings is 2. The Morgan fingerprint density at radius 3 is 2.67 bits per heavy atom. The lowest BCUT2D eigenvalue weighted by Gasteiger charge is -1.99. The van der Waals surface area contributed by atoms with Crippen molar-refractivity contribution in [2.75, 3.05) is 5.73 Å². The third-order valence-corrected chi connectivity index (χ3v) is 3.30. The molecule has 3 aromatic rings. The molecule has 0 saturated carbocycles. The summed E-state index contributed by atoms with van der Waals surface area (Å²) in [5.74, 6) is 0.279. The Labute approximate surface area is 125 Å². The summed E-state index contributed by atoms with van der Waals surface area (Å²) in [6.45, 7) is 1.80. The molecule has 0 spiro atoms. The van der Waals surface area contributed by atoms with E-state index in [-0.39, 0.29) is 5.82 Å². The highest BCUT2D eigenvalue weighted by molar-refractivity contribution is 6.33. The van der Waals surface area contributed by atoms with Gasteiger partial charge in [0.15, 0.2) is 0 Å². The Bertz CT molecular complexity index is 796. The van der Waals surface area contributed by atoms with Gasteiger partial charge in [-0.25, -0.2) is 4.39 Å². The Morgan fingerprint density at radius 1 is 1.14 bits per heavy atom. The molecule has 3 rings (SSSR count). The fraction of sp³-hybridized carbons (Fsp3) is 0.0667. The van der Waals surface area contributed by atoms with Crippen molar-refractivity contribution in [2.24, 2.45) is 0 Å². The van der Waals surface area contributed by atoms with Gasteiger partial charge in [-0.1, -0.05) is 16.8 Å². The zero-order valence-corrected chi connectivity index (χ0v) is 11.9. The van der Waals surface area contributed by atoms with Gasteiger partial charge in [-0.3, -0.25) is 0 Å². The van der Waals surface area contributed by atoms with Crippen LogP contribution in [0, 0.1) is 12.7 Å². The second kappa shape index (κ2) is 5.18. The Kier molecular flexibility index (Phi) is 3.35. The van der Waals surface area contributed by atoms with Gasteiger partial charge >= 0.3 is 0 Å². The summed E-state index contributed by atoms with van der Waals surface area (Å²) in [5, 5.41) is 4.28. The maximum Gasteiger partial charge on any atom is 0.258 e. The molecule has 0 radical (unpaired) electrons. The van der Waals surface area contributed by atoms with E-state index in [1.165, 1.54) is 12.1 Å². The molecule has 1 aromatic heterocycles. The zero-order chi connectivity index (χ0) is 15.0. The van der Waals surface area contributed by atoms with Gasteiger partial charge in [0, 0.05) is 11.1 Å². The first-order valence-corrected chi connectivity index (χ1v) is 6.57. The summed E-state index contributed by atoms with van der Waals surface area (Å²) in [5.41, 5.74) is 8.13. The molecule has 0 saturated heterocycles. The van der Waals surface area contributed by atoms with Crippen LogP contribution in [0.2, 0.25) is 5.02 Å². The van der Waals surface area contributed by atoms with Gasteiger partial charge in [0.2, 0.25) is 5.82 Å². The van der Waals surface area contributed by atoms with E-state index in [1.807, 2.05) is 0 Å². The van der Waals surface area contributed by atoms with Gasteiger partial charge in [0.1, 0.15) is 5.82 Å². The first kappa shape index (κ1) is 13.6. The molecule has 2 aromatic carbocycles. The van der Waals surface area contributed by atoms with Crippen LogP contribution in [0.1, 0.15) is 5.56 Å². The minimum atomic E-state index is -0.341. The topological polar surface area (TPSA) is 64.9 Å². The van der Waals surface area contributed by atoms with Crippen molar-refractivity contribution < 1.29 is 8.91 Å². The number of rotatable bonds is 2. The Hall–Kier alpha value is -2.40. The molecule has 4 nitrogen and oxygen atoms in total. The third kappa shape index (κ3) is 2.73.